The van der Waals surface area contributed by atoms with E-state index in [-0.39, 0.29) is 41.5 Å². The molecular formula is C24H38O4. The largest absolute Gasteiger partial charge is 0.381 e. The second-order valence-corrected chi connectivity index (χ2v) is 9.89. The molecule has 8 atom stereocenters. The van der Waals surface area contributed by atoms with Gasteiger partial charge in [0, 0.05) is 25.6 Å². The van der Waals surface area contributed by atoms with Gasteiger partial charge in [0.1, 0.15) is 6.79 Å². The van der Waals surface area contributed by atoms with Crippen LogP contribution in [-0.4, -0.2) is 39.0 Å². The van der Waals surface area contributed by atoms with E-state index in [1.54, 1.807) is 7.11 Å². The van der Waals surface area contributed by atoms with Crippen LogP contribution < -0.4 is 0 Å². The minimum atomic E-state index is -0.686. The van der Waals surface area contributed by atoms with Crippen LogP contribution in [0, 0.1) is 45.8 Å². The lowest BCUT2D eigenvalue weighted by molar-refractivity contribution is -0.216. The number of carbonyl (C=O) groups is 1. The Hall–Kier alpha value is -0.890. The SMILES string of the molecule is CC#C[C@]1(C)C[C@@H](OCOC)[C@]2(C)C(C)CCC3(CC[C@@H](OC)C32)[C@@H](C)C1=O. The zero-order valence-electron chi connectivity index (χ0n) is 18.8. The third-order valence-corrected chi connectivity index (χ3v) is 8.84. The highest BCUT2D eigenvalue weighted by atomic mass is 16.7. The summed E-state index contributed by atoms with van der Waals surface area (Å²) in [6.07, 6.45) is 5.00. The van der Waals surface area contributed by atoms with E-state index in [4.69, 9.17) is 14.2 Å². The molecule has 0 aromatic carbocycles. The number of Topliss-reactive ketones (excluding diaryl/α,β-unsaturated/α-hetero) is 1. The second-order valence-electron chi connectivity index (χ2n) is 9.89. The van der Waals surface area contributed by atoms with Crippen molar-refractivity contribution in [1.82, 2.24) is 0 Å². The monoisotopic (exact) mass is 390 g/mol. The van der Waals surface area contributed by atoms with Crippen molar-refractivity contribution in [3.8, 4) is 11.8 Å². The molecule has 3 saturated carbocycles. The Bertz CT molecular complexity index is 663. The molecule has 3 aliphatic rings. The Morgan fingerprint density at radius 2 is 1.82 bits per heavy atom. The van der Waals surface area contributed by atoms with Crippen molar-refractivity contribution in [1.29, 1.82) is 0 Å². The van der Waals surface area contributed by atoms with Crippen LogP contribution in [-0.2, 0) is 19.0 Å². The number of hydrogen-bond donors (Lipinski definition) is 0. The molecule has 0 N–H and O–H groups in total. The Morgan fingerprint density at radius 1 is 1.14 bits per heavy atom. The Balaban J connectivity index is 2.21. The summed E-state index contributed by atoms with van der Waals surface area (Å²) in [6.45, 7) is 11.0. The molecule has 158 valence electrons. The fourth-order valence-corrected chi connectivity index (χ4v) is 7.19. The molecule has 0 amide bonds. The maximum atomic E-state index is 13.8. The summed E-state index contributed by atoms with van der Waals surface area (Å²) in [6, 6.07) is 0. The van der Waals surface area contributed by atoms with E-state index < -0.39 is 5.41 Å². The molecule has 0 heterocycles. The third kappa shape index (κ3) is 2.97. The van der Waals surface area contributed by atoms with Crippen LogP contribution in [0.4, 0.5) is 0 Å². The molecule has 0 aromatic rings. The van der Waals surface area contributed by atoms with E-state index in [2.05, 4.69) is 32.6 Å². The van der Waals surface area contributed by atoms with Gasteiger partial charge in [-0.1, -0.05) is 26.7 Å². The predicted molar refractivity (Wildman–Crippen MR) is 110 cm³/mol. The molecule has 0 saturated heterocycles. The van der Waals surface area contributed by atoms with Crippen LogP contribution in [0.3, 0.4) is 0 Å². The number of hydrogen-bond acceptors (Lipinski definition) is 4. The molecule has 0 aromatic heterocycles. The van der Waals surface area contributed by atoms with Crippen LogP contribution in [0.1, 0.15) is 66.7 Å². The summed E-state index contributed by atoms with van der Waals surface area (Å²) in [7, 11) is 3.49. The van der Waals surface area contributed by atoms with Gasteiger partial charge in [-0.2, -0.15) is 0 Å². The first-order valence-corrected chi connectivity index (χ1v) is 10.8. The Kier molecular flexibility index (Phi) is 6.03. The van der Waals surface area contributed by atoms with Gasteiger partial charge in [-0.15, -0.1) is 5.92 Å². The van der Waals surface area contributed by atoms with E-state index in [1.165, 1.54) is 0 Å². The third-order valence-electron chi connectivity index (χ3n) is 8.84. The van der Waals surface area contributed by atoms with Crippen molar-refractivity contribution in [2.24, 2.45) is 34.0 Å². The van der Waals surface area contributed by atoms with Crippen molar-refractivity contribution in [3.63, 3.8) is 0 Å². The molecule has 0 aliphatic heterocycles. The van der Waals surface area contributed by atoms with Crippen molar-refractivity contribution in [2.75, 3.05) is 21.0 Å². The number of ether oxygens (including phenoxy) is 3. The maximum Gasteiger partial charge on any atom is 0.154 e. The number of methoxy groups -OCH3 is 2. The zero-order chi connectivity index (χ0) is 20.7. The lowest BCUT2D eigenvalue weighted by Gasteiger charge is -2.61. The van der Waals surface area contributed by atoms with Gasteiger partial charge in [0.15, 0.2) is 5.78 Å². The van der Waals surface area contributed by atoms with E-state index in [9.17, 15) is 4.79 Å². The van der Waals surface area contributed by atoms with Gasteiger partial charge in [0.25, 0.3) is 0 Å². The lowest BCUT2D eigenvalue weighted by Crippen LogP contribution is -2.62. The summed E-state index contributed by atoms with van der Waals surface area (Å²) >= 11 is 0. The standard InChI is InChI=1S/C24H38O4/c1-8-11-22(4)14-19(28-15-26-6)23(5)16(2)9-12-24(17(3)21(22)25)13-10-18(27-7)20(23)24/h16-20H,9-10,12-15H2,1-7H3/t16?,17-,18+,19+,20?,22+,23-,24?/m0/s1. The molecule has 3 fully saturated rings. The molecular weight excluding hydrogens is 352 g/mol. The van der Waals surface area contributed by atoms with Gasteiger partial charge < -0.3 is 14.2 Å². The summed E-state index contributed by atoms with van der Waals surface area (Å²) in [5.41, 5.74) is -0.793. The smallest absolute Gasteiger partial charge is 0.154 e. The van der Waals surface area contributed by atoms with Crippen molar-refractivity contribution in [2.45, 2.75) is 78.9 Å². The average molecular weight is 391 g/mol. The normalized spacial score (nSPS) is 48.2. The Labute approximate surface area is 171 Å². The van der Waals surface area contributed by atoms with Gasteiger partial charge in [-0.25, -0.2) is 0 Å². The van der Waals surface area contributed by atoms with Gasteiger partial charge in [0.2, 0.25) is 0 Å². The van der Waals surface area contributed by atoms with E-state index in [0.717, 1.165) is 25.7 Å². The van der Waals surface area contributed by atoms with Crippen molar-refractivity contribution >= 4 is 5.78 Å². The lowest BCUT2D eigenvalue weighted by atomic mass is 9.44. The zero-order valence-corrected chi connectivity index (χ0v) is 18.8. The van der Waals surface area contributed by atoms with Gasteiger partial charge in [-0.3, -0.25) is 4.79 Å². The molecule has 0 spiro atoms. The molecule has 3 rings (SSSR count). The average Bonchev–Trinajstić information content (AvgIpc) is 3.07. The highest BCUT2D eigenvalue weighted by molar-refractivity contribution is 5.90. The van der Waals surface area contributed by atoms with Gasteiger partial charge in [0.05, 0.1) is 17.6 Å². The summed E-state index contributed by atoms with van der Waals surface area (Å²) < 4.78 is 17.7. The van der Waals surface area contributed by atoms with Crippen molar-refractivity contribution < 1.29 is 19.0 Å². The summed E-state index contributed by atoms with van der Waals surface area (Å²) in [5, 5.41) is 0. The van der Waals surface area contributed by atoms with Crippen molar-refractivity contribution in [3.05, 3.63) is 0 Å². The van der Waals surface area contributed by atoms with Crippen LogP contribution in [0.2, 0.25) is 0 Å². The highest BCUT2D eigenvalue weighted by Gasteiger charge is 2.68. The fourth-order valence-electron chi connectivity index (χ4n) is 7.19. The minimum Gasteiger partial charge on any atom is -0.381 e. The van der Waals surface area contributed by atoms with Crippen LogP contribution in [0.25, 0.3) is 0 Å². The highest BCUT2D eigenvalue weighted by Crippen LogP contribution is 2.68. The minimum absolute atomic E-state index is 0.0151. The Morgan fingerprint density at radius 3 is 2.43 bits per heavy atom. The fraction of sp³-hybridized carbons (Fsp3) is 0.875. The summed E-state index contributed by atoms with van der Waals surface area (Å²) in [5.74, 6) is 7.40. The predicted octanol–water partition coefficient (Wildman–Crippen LogP) is 4.46. The molecule has 4 heteroatoms. The molecule has 3 unspecified atom stereocenters. The van der Waals surface area contributed by atoms with E-state index in [1.807, 2.05) is 21.0 Å². The van der Waals surface area contributed by atoms with Crippen LogP contribution in [0.15, 0.2) is 0 Å². The van der Waals surface area contributed by atoms with Crippen LogP contribution in [0.5, 0.6) is 0 Å². The van der Waals surface area contributed by atoms with Gasteiger partial charge in [-0.05, 0) is 63.2 Å². The maximum absolute atomic E-state index is 13.8. The van der Waals surface area contributed by atoms with E-state index >= 15 is 0 Å². The number of ketones is 1. The quantitative estimate of drug-likeness (QED) is 0.525. The number of carbonyl (C=O) groups excluding carboxylic acids is 1. The first-order chi connectivity index (χ1) is 13.2. The van der Waals surface area contributed by atoms with Crippen LogP contribution >= 0.6 is 0 Å². The molecule has 4 nitrogen and oxygen atoms in total. The van der Waals surface area contributed by atoms with E-state index in [0.29, 0.717) is 18.3 Å². The summed E-state index contributed by atoms with van der Waals surface area (Å²) in [4.78, 5) is 13.8. The molecule has 28 heavy (non-hydrogen) atoms. The first-order valence-electron chi connectivity index (χ1n) is 10.8. The number of rotatable bonds is 4. The topological polar surface area (TPSA) is 44.8 Å². The second kappa shape index (κ2) is 7.74. The molecule has 2 bridgehead atoms. The molecule has 3 aliphatic carbocycles. The van der Waals surface area contributed by atoms with Gasteiger partial charge >= 0.3 is 0 Å². The first kappa shape index (κ1) is 21.8. The molecule has 0 radical (unpaired) electrons.